The molecule has 0 aliphatic carbocycles. The minimum absolute atomic E-state index is 0.335. The molecule has 0 spiro atoms. The van der Waals surface area contributed by atoms with Gasteiger partial charge in [0.05, 0.1) is 12.4 Å². The average molecular weight is 211 g/mol. The molecule has 0 radical (unpaired) electrons. The van der Waals surface area contributed by atoms with Crippen LogP contribution in [0.15, 0.2) is 12.4 Å². The number of unbranched alkanes of at least 4 members (excludes halogenated alkanes) is 2. The predicted molar refractivity (Wildman–Crippen MR) is 59.2 cm³/mol. The zero-order valence-electron chi connectivity index (χ0n) is 9.33. The number of rotatable bonds is 6. The van der Waals surface area contributed by atoms with E-state index in [1.165, 1.54) is 31.7 Å². The number of nitrogens with one attached hydrogen (secondary N) is 1. The van der Waals surface area contributed by atoms with Crippen molar-refractivity contribution in [1.29, 1.82) is 0 Å². The van der Waals surface area contributed by atoms with E-state index in [-0.39, 0.29) is 0 Å². The van der Waals surface area contributed by atoms with Crippen molar-refractivity contribution in [2.45, 2.75) is 45.6 Å². The van der Waals surface area contributed by atoms with Crippen molar-refractivity contribution in [3.8, 4) is 0 Å². The third-order valence-corrected chi connectivity index (χ3v) is 2.24. The highest BCUT2D eigenvalue weighted by Crippen LogP contribution is 2.07. The maximum Gasteiger partial charge on any atom is 0.222 e. The Hall–Kier alpha value is -1.19. The lowest BCUT2D eigenvalue weighted by Gasteiger charge is -2.12. The molecule has 0 amide bonds. The Balaban J connectivity index is 2.31. The number of aromatic nitrogens is 2. The Morgan fingerprint density at radius 2 is 2.00 bits per heavy atom. The van der Waals surface area contributed by atoms with E-state index >= 15 is 0 Å². The number of anilines is 1. The summed E-state index contributed by atoms with van der Waals surface area (Å²) in [5.74, 6) is 0.0968. The van der Waals surface area contributed by atoms with Gasteiger partial charge in [-0.2, -0.15) is 0 Å². The maximum absolute atomic E-state index is 12.5. The molecule has 1 heterocycles. The predicted octanol–water partition coefficient (Wildman–Crippen LogP) is 3.00. The van der Waals surface area contributed by atoms with Gasteiger partial charge in [-0.25, -0.2) is 14.4 Å². The van der Waals surface area contributed by atoms with Crippen LogP contribution in [0.4, 0.5) is 10.3 Å². The number of hydrogen-bond acceptors (Lipinski definition) is 3. The molecule has 0 fully saturated rings. The second-order valence-corrected chi connectivity index (χ2v) is 3.77. The Bertz CT molecular complexity index is 274. The van der Waals surface area contributed by atoms with Crippen LogP contribution in [0.5, 0.6) is 0 Å². The molecule has 84 valence electrons. The van der Waals surface area contributed by atoms with Gasteiger partial charge in [0.25, 0.3) is 0 Å². The third kappa shape index (κ3) is 4.72. The van der Waals surface area contributed by atoms with Gasteiger partial charge < -0.3 is 5.32 Å². The molecule has 1 N–H and O–H groups in total. The van der Waals surface area contributed by atoms with Crippen molar-refractivity contribution < 1.29 is 4.39 Å². The van der Waals surface area contributed by atoms with Gasteiger partial charge in [0.1, 0.15) is 0 Å². The fraction of sp³-hybridized carbons (Fsp3) is 0.636. The molecule has 0 aromatic carbocycles. The van der Waals surface area contributed by atoms with E-state index in [1.54, 1.807) is 0 Å². The Labute approximate surface area is 90.1 Å². The van der Waals surface area contributed by atoms with Crippen LogP contribution in [-0.2, 0) is 0 Å². The topological polar surface area (TPSA) is 37.8 Å². The summed E-state index contributed by atoms with van der Waals surface area (Å²) in [7, 11) is 0. The van der Waals surface area contributed by atoms with Gasteiger partial charge in [-0.3, -0.25) is 0 Å². The lowest BCUT2D eigenvalue weighted by molar-refractivity contribution is 0.602. The summed E-state index contributed by atoms with van der Waals surface area (Å²) in [6.07, 6.45) is 7.11. The van der Waals surface area contributed by atoms with Crippen LogP contribution in [0.1, 0.15) is 39.5 Å². The molecule has 1 aromatic rings. The van der Waals surface area contributed by atoms with E-state index in [0.29, 0.717) is 12.0 Å². The molecule has 1 rings (SSSR count). The molecule has 1 atom stereocenters. The van der Waals surface area contributed by atoms with Crippen LogP contribution >= 0.6 is 0 Å². The zero-order valence-corrected chi connectivity index (χ0v) is 9.33. The Kier molecular flexibility index (Phi) is 5.01. The van der Waals surface area contributed by atoms with Crippen LogP contribution in [0, 0.1) is 5.82 Å². The summed E-state index contributed by atoms with van der Waals surface area (Å²) < 4.78 is 12.5. The molecule has 1 unspecified atom stereocenters. The van der Waals surface area contributed by atoms with E-state index in [9.17, 15) is 4.39 Å². The van der Waals surface area contributed by atoms with E-state index in [1.807, 2.05) is 0 Å². The monoisotopic (exact) mass is 211 g/mol. The van der Waals surface area contributed by atoms with Gasteiger partial charge in [0.15, 0.2) is 5.82 Å². The van der Waals surface area contributed by atoms with Crippen LogP contribution in [0.25, 0.3) is 0 Å². The van der Waals surface area contributed by atoms with Crippen molar-refractivity contribution in [1.82, 2.24) is 9.97 Å². The van der Waals surface area contributed by atoms with E-state index in [0.717, 1.165) is 6.42 Å². The van der Waals surface area contributed by atoms with Crippen molar-refractivity contribution >= 4 is 5.95 Å². The molecule has 0 saturated carbocycles. The molecule has 0 saturated heterocycles. The summed E-state index contributed by atoms with van der Waals surface area (Å²) >= 11 is 0. The quantitative estimate of drug-likeness (QED) is 0.735. The largest absolute Gasteiger partial charge is 0.352 e. The van der Waals surface area contributed by atoms with Crippen molar-refractivity contribution in [2.24, 2.45) is 0 Å². The first-order valence-corrected chi connectivity index (χ1v) is 5.46. The maximum atomic E-state index is 12.5. The first kappa shape index (κ1) is 11.9. The fourth-order valence-electron chi connectivity index (χ4n) is 1.38. The summed E-state index contributed by atoms with van der Waals surface area (Å²) in [5, 5.41) is 3.14. The first-order valence-electron chi connectivity index (χ1n) is 5.46. The van der Waals surface area contributed by atoms with Crippen LogP contribution in [-0.4, -0.2) is 16.0 Å². The number of hydrogen-bond donors (Lipinski definition) is 1. The summed E-state index contributed by atoms with van der Waals surface area (Å²) in [4.78, 5) is 7.70. The molecule has 0 bridgehead atoms. The minimum Gasteiger partial charge on any atom is -0.352 e. The molecule has 0 aliphatic heterocycles. The normalized spacial score (nSPS) is 12.5. The highest BCUT2D eigenvalue weighted by molar-refractivity contribution is 5.23. The van der Waals surface area contributed by atoms with Gasteiger partial charge in [0, 0.05) is 6.04 Å². The van der Waals surface area contributed by atoms with Crippen molar-refractivity contribution in [3.05, 3.63) is 18.2 Å². The number of halogens is 1. The summed E-state index contributed by atoms with van der Waals surface area (Å²) in [5.41, 5.74) is 0. The summed E-state index contributed by atoms with van der Waals surface area (Å²) in [6.45, 7) is 4.27. The molecule has 0 aliphatic rings. The summed E-state index contributed by atoms with van der Waals surface area (Å²) in [6, 6.07) is 0.335. The van der Waals surface area contributed by atoms with Crippen molar-refractivity contribution in [2.75, 3.05) is 5.32 Å². The smallest absolute Gasteiger partial charge is 0.222 e. The lowest BCUT2D eigenvalue weighted by Crippen LogP contribution is -2.16. The minimum atomic E-state index is -0.404. The third-order valence-electron chi connectivity index (χ3n) is 2.24. The fourth-order valence-corrected chi connectivity index (χ4v) is 1.38. The molecule has 4 heteroatoms. The SMILES string of the molecule is CCCCCC(C)Nc1ncc(F)cn1. The molecule has 1 aromatic heterocycles. The van der Waals surface area contributed by atoms with Crippen molar-refractivity contribution in [3.63, 3.8) is 0 Å². The highest BCUT2D eigenvalue weighted by Gasteiger charge is 2.03. The van der Waals surface area contributed by atoms with E-state index in [4.69, 9.17) is 0 Å². The van der Waals surface area contributed by atoms with Gasteiger partial charge in [-0.1, -0.05) is 26.2 Å². The Morgan fingerprint density at radius 3 is 2.60 bits per heavy atom. The van der Waals surface area contributed by atoms with Gasteiger partial charge in [-0.05, 0) is 13.3 Å². The van der Waals surface area contributed by atoms with Gasteiger partial charge >= 0.3 is 0 Å². The van der Waals surface area contributed by atoms with E-state index in [2.05, 4.69) is 29.1 Å². The van der Waals surface area contributed by atoms with Crippen LogP contribution in [0.2, 0.25) is 0 Å². The van der Waals surface area contributed by atoms with Gasteiger partial charge in [0.2, 0.25) is 5.95 Å². The highest BCUT2D eigenvalue weighted by atomic mass is 19.1. The Morgan fingerprint density at radius 1 is 1.33 bits per heavy atom. The van der Waals surface area contributed by atoms with Crippen LogP contribution < -0.4 is 5.32 Å². The van der Waals surface area contributed by atoms with Gasteiger partial charge in [-0.15, -0.1) is 0 Å². The molecule has 3 nitrogen and oxygen atoms in total. The lowest BCUT2D eigenvalue weighted by atomic mass is 10.1. The average Bonchev–Trinajstić information content (AvgIpc) is 2.22. The first-order chi connectivity index (χ1) is 7.22. The molecular formula is C11H18FN3. The second-order valence-electron chi connectivity index (χ2n) is 3.77. The standard InChI is InChI=1S/C11H18FN3/c1-3-4-5-6-9(2)15-11-13-7-10(12)8-14-11/h7-9H,3-6H2,1-2H3,(H,13,14,15). The number of nitrogens with zero attached hydrogens (tertiary/aromatic N) is 2. The second kappa shape index (κ2) is 6.32. The molecular weight excluding hydrogens is 193 g/mol. The van der Waals surface area contributed by atoms with Crippen LogP contribution in [0.3, 0.4) is 0 Å². The molecule has 15 heavy (non-hydrogen) atoms. The zero-order chi connectivity index (χ0) is 11.1. The van der Waals surface area contributed by atoms with E-state index < -0.39 is 5.82 Å².